The van der Waals surface area contributed by atoms with Crippen molar-refractivity contribution in [2.75, 3.05) is 6.61 Å². The van der Waals surface area contributed by atoms with Crippen LogP contribution in [-0.2, 0) is 23.0 Å². The SMILES string of the molecule is Cn1cc(CCC(=O)C2(C)CCCO2)cn1. The monoisotopic (exact) mass is 222 g/mol. The number of aromatic nitrogens is 2. The molecule has 1 unspecified atom stereocenters. The molecule has 1 aromatic heterocycles. The normalized spacial score (nSPS) is 24.9. The summed E-state index contributed by atoms with van der Waals surface area (Å²) < 4.78 is 7.28. The van der Waals surface area contributed by atoms with Gasteiger partial charge in [0, 0.05) is 26.3 Å². The van der Waals surface area contributed by atoms with E-state index in [0.717, 1.165) is 31.4 Å². The lowest BCUT2D eigenvalue weighted by Gasteiger charge is -2.20. The molecule has 1 aliphatic heterocycles. The van der Waals surface area contributed by atoms with E-state index in [-0.39, 0.29) is 5.78 Å². The summed E-state index contributed by atoms with van der Waals surface area (Å²) in [5.41, 5.74) is 0.583. The van der Waals surface area contributed by atoms with Crippen LogP contribution >= 0.6 is 0 Å². The molecule has 4 nitrogen and oxygen atoms in total. The Kier molecular flexibility index (Phi) is 3.10. The first-order valence-corrected chi connectivity index (χ1v) is 5.75. The van der Waals surface area contributed by atoms with Gasteiger partial charge in [0.1, 0.15) is 5.60 Å². The molecule has 1 atom stereocenters. The van der Waals surface area contributed by atoms with Gasteiger partial charge in [0.15, 0.2) is 5.78 Å². The first-order valence-electron chi connectivity index (χ1n) is 5.75. The quantitative estimate of drug-likeness (QED) is 0.775. The molecule has 0 saturated carbocycles. The van der Waals surface area contributed by atoms with Crippen LogP contribution in [0.3, 0.4) is 0 Å². The molecule has 0 aliphatic carbocycles. The summed E-state index contributed by atoms with van der Waals surface area (Å²) >= 11 is 0. The zero-order chi connectivity index (χ0) is 11.6. The maximum absolute atomic E-state index is 12.0. The number of carbonyl (C=O) groups is 1. The number of Topliss-reactive ketones (excluding diaryl/α,β-unsaturated/α-hetero) is 1. The number of carbonyl (C=O) groups excluding carboxylic acids is 1. The summed E-state index contributed by atoms with van der Waals surface area (Å²) in [5.74, 6) is 0.217. The van der Waals surface area contributed by atoms with Crippen molar-refractivity contribution in [3.05, 3.63) is 18.0 Å². The molecule has 0 spiro atoms. The van der Waals surface area contributed by atoms with E-state index >= 15 is 0 Å². The number of ketones is 1. The van der Waals surface area contributed by atoms with Crippen molar-refractivity contribution in [2.24, 2.45) is 7.05 Å². The molecular weight excluding hydrogens is 204 g/mol. The van der Waals surface area contributed by atoms with Gasteiger partial charge in [-0.25, -0.2) is 0 Å². The lowest BCUT2D eigenvalue weighted by molar-refractivity contribution is -0.137. The van der Waals surface area contributed by atoms with Crippen LogP contribution in [0.25, 0.3) is 0 Å². The molecule has 0 N–H and O–H groups in total. The van der Waals surface area contributed by atoms with Crippen LogP contribution in [0.15, 0.2) is 12.4 Å². The van der Waals surface area contributed by atoms with Crippen LogP contribution in [0, 0.1) is 0 Å². The van der Waals surface area contributed by atoms with Crippen LogP contribution in [0.5, 0.6) is 0 Å². The van der Waals surface area contributed by atoms with E-state index in [2.05, 4.69) is 5.10 Å². The highest BCUT2D eigenvalue weighted by atomic mass is 16.5. The number of ether oxygens (including phenoxy) is 1. The van der Waals surface area contributed by atoms with Gasteiger partial charge in [-0.2, -0.15) is 5.10 Å². The van der Waals surface area contributed by atoms with Crippen molar-refractivity contribution < 1.29 is 9.53 Å². The number of hydrogen-bond acceptors (Lipinski definition) is 3. The van der Waals surface area contributed by atoms with Gasteiger partial charge in [0.05, 0.1) is 6.20 Å². The second-order valence-corrected chi connectivity index (χ2v) is 4.63. The van der Waals surface area contributed by atoms with Crippen LogP contribution in [0.1, 0.15) is 31.7 Å². The number of aryl methyl sites for hydroxylation is 2. The van der Waals surface area contributed by atoms with E-state index in [1.165, 1.54) is 0 Å². The predicted molar refractivity (Wildman–Crippen MR) is 60.1 cm³/mol. The van der Waals surface area contributed by atoms with Gasteiger partial charge in [-0.05, 0) is 31.7 Å². The minimum atomic E-state index is -0.526. The minimum absolute atomic E-state index is 0.217. The molecule has 0 radical (unpaired) electrons. The van der Waals surface area contributed by atoms with Gasteiger partial charge in [0.25, 0.3) is 0 Å². The largest absolute Gasteiger partial charge is 0.368 e. The standard InChI is InChI=1S/C12H18N2O2/c1-12(6-3-7-16-12)11(15)5-4-10-8-13-14(2)9-10/h8-9H,3-7H2,1-2H3. The van der Waals surface area contributed by atoms with E-state index < -0.39 is 5.60 Å². The molecule has 1 aliphatic rings. The third-order valence-corrected chi connectivity index (χ3v) is 3.21. The van der Waals surface area contributed by atoms with Crippen molar-refractivity contribution in [1.82, 2.24) is 9.78 Å². The predicted octanol–water partition coefficient (Wildman–Crippen LogP) is 1.49. The highest BCUT2D eigenvalue weighted by molar-refractivity contribution is 5.87. The van der Waals surface area contributed by atoms with Crippen LogP contribution < -0.4 is 0 Å². The summed E-state index contributed by atoms with van der Waals surface area (Å²) in [7, 11) is 1.88. The van der Waals surface area contributed by atoms with E-state index in [4.69, 9.17) is 4.74 Å². The Labute approximate surface area is 95.6 Å². The smallest absolute Gasteiger partial charge is 0.164 e. The molecule has 88 valence electrons. The fourth-order valence-corrected chi connectivity index (χ4v) is 2.12. The van der Waals surface area contributed by atoms with E-state index in [9.17, 15) is 4.79 Å². The van der Waals surface area contributed by atoms with Crippen molar-refractivity contribution in [1.29, 1.82) is 0 Å². The number of nitrogens with zero attached hydrogens (tertiary/aromatic N) is 2. The fourth-order valence-electron chi connectivity index (χ4n) is 2.12. The summed E-state index contributed by atoms with van der Waals surface area (Å²) in [5, 5.41) is 4.08. The Bertz CT molecular complexity index is 378. The van der Waals surface area contributed by atoms with Gasteiger partial charge >= 0.3 is 0 Å². The zero-order valence-corrected chi connectivity index (χ0v) is 9.90. The van der Waals surface area contributed by atoms with Gasteiger partial charge in [-0.15, -0.1) is 0 Å². The van der Waals surface area contributed by atoms with Gasteiger partial charge in [0.2, 0.25) is 0 Å². The molecule has 0 amide bonds. The zero-order valence-electron chi connectivity index (χ0n) is 9.90. The average molecular weight is 222 g/mol. The summed E-state index contributed by atoms with van der Waals surface area (Å²) in [6.07, 6.45) is 6.91. The highest BCUT2D eigenvalue weighted by Crippen LogP contribution is 2.27. The van der Waals surface area contributed by atoms with Crippen molar-refractivity contribution in [3.8, 4) is 0 Å². The molecule has 0 bridgehead atoms. The Balaban J connectivity index is 1.88. The lowest BCUT2D eigenvalue weighted by Crippen LogP contribution is -2.34. The lowest BCUT2D eigenvalue weighted by atomic mass is 9.93. The van der Waals surface area contributed by atoms with Crippen molar-refractivity contribution in [3.63, 3.8) is 0 Å². The third kappa shape index (κ3) is 2.32. The second-order valence-electron chi connectivity index (χ2n) is 4.63. The first kappa shape index (κ1) is 11.3. The van der Waals surface area contributed by atoms with E-state index in [1.54, 1.807) is 4.68 Å². The highest BCUT2D eigenvalue weighted by Gasteiger charge is 2.36. The Morgan fingerprint density at radius 1 is 1.69 bits per heavy atom. The molecule has 2 heterocycles. The fraction of sp³-hybridized carbons (Fsp3) is 0.667. The molecule has 1 aromatic rings. The maximum Gasteiger partial charge on any atom is 0.164 e. The maximum atomic E-state index is 12.0. The van der Waals surface area contributed by atoms with Crippen molar-refractivity contribution >= 4 is 5.78 Å². The summed E-state index contributed by atoms with van der Waals surface area (Å²) in [6, 6.07) is 0. The number of rotatable bonds is 4. The second kappa shape index (κ2) is 4.37. The molecule has 1 saturated heterocycles. The van der Waals surface area contributed by atoms with Crippen LogP contribution in [0.4, 0.5) is 0 Å². The number of hydrogen-bond donors (Lipinski definition) is 0. The Morgan fingerprint density at radius 3 is 3.06 bits per heavy atom. The summed E-state index contributed by atoms with van der Waals surface area (Å²) in [4.78, 5) is 12.0. The third-order valence-electron chi connectivity index (χ3n) is 3.21. The van der Waals surface area contributed by atoms with Gasteiger partial charge in [-0.1, -0.05) is 0 Å². The Morgan fingerprint density at radius 2 is 2.50 bits per heavy atom. The van der Waals surface area contributed by atoms with Crippen molar-refractivity contribution in [2.45, 2.75) is 38.2 Å². The van der Waals surface area contributed by atoms with Crippen LogP contribution in [-0.4, -0.2) is 27.8 Å². The summed E-state index contributed by atoms with van der Waals surface area (Å²) in [6.45, 7) is 2.63. The van der Waals surface area contributed by atoms with Gasteiger partial charge in [-0.3, -0.25) is 9.48 Å². The topological polar surface area (TPSA) is 44.1 Å². The Hall–Kier alpha value is -1.16. The minimum Gasteiger partial charge on any atom is -0.368 e. The molecule has 4 heteroatoms. The first-order chi connectivity index (χ1) is 7.60. The average Bonchev–Trinajstić information content (AvgIpc) is 2.85. The molecular formula is C12H18N2O2. The molecule has 2 rings (SSSR count). The van der Waals surface area contributed by atoms with Crippen LogP contribution in [0.2, 0.25) is 0 Å². The molecule has 16 heavy (non-hydrogen) atoms. The molecule has 1 fully saturated rings. The van der Waals surface area contributed by atoms with Gasteiger partial charge < -0.3 is 4.74 Å². The van der Waals surface area contributed by atoms with E-state index in [0.29, 0.717) is 6.42 Å². The van der Waals surface area contributed by atoms with E-state index in [1.807, 2.05) is 26.4 Å². The molecule has 0 aromatic carbocycles.